The average Bonchev–Trinajstić information content (AvgIpc) is 3.43. The molecule has 0 aliphatic heterocycles. The zero-order valence-corrected chi connectivity index (χ0v) is 19.7. The lowest BCUT2D eigenvalue weighted by molar-refractivity contribution is 0.0997. The van der Waals surface area contributed by atoms with Gasteiger partial charge in [0.25, 0.3) is 5.91 Å². The Morgan fingerprint density at radius 2 is 1.76 bits per heavy atom. The highest BCUT2D eigenvalue weighted by molar-refractivity contribution is 6.36. The van der Waals surface area contributed by atoms with Crippen LogP contribution >= 0.6 is 23.2 Å². The molecule has 0 radical (unpaired) electrons. The van der Waals surface area contributed by atoms with Crippen LogP contribution in [0.1, 0.15) is 21.7 Å². The van der Waals surface area contributed by atoms with Gasteiger partial charge >= 0.3 is 0 Å². The number of nitrogens with zero attached hydrogens (tertiary/aromatic N) is 1. The fourth-order valence-electron chi connectivity index (χ4n) is 3.76. The number of carbonyl (C=O) groups is 1. The number of benzene rings is 3. The molecule has 8 heteroatoms. The molecule has 170 valence electrons. The number of fused-ring (bicyclic) bond motifs is 1. The number of hydrogen-bond acceptors (Lipinski definition) is 5. The average molecular weight is 493 g/mol. The number of phenolic OH excluding ortho intramolecular Hbond substituents is 1. The minimum absolute atomic E-state index is 0.0170. The normalized spacial score (nSPS) is 11.2. The second-order valence-corrected chi connectivity index (χ2v) is 8.77. The van der Waals surface area contributed by atoms with Gasteiger partial charge < -0.3 is 19.3 Å². The molecule has 2 heterocycles. The molecule has 0 aliphatic rings. The summed E-state index contributed by atoms with van der Waals surface area (Å²) in [5.74, 6) is 0.322. The molecule has 2 N–H and O–H groups in total. The zero-order chi connectivity index (χ0) is 24.0. The summed E-state index contributed by atoms with van der Waals surface area (Å²) in [7, 11) is 0. The fraction of sp³-hybridized carbons (Fsp3) is 0.0769. The van der Waals surface area contributed by atoms with Gasteiger partial charge in [-0.25, -0.2) is 4.98 Å². The fourth-order valence-corrected chi connectivity index (χ4v) is 4.27. The van der Waals surface area contributed by atoms with Crippen LogP contribution in [0.5, 0.6) is 5.75 Å². The Kier molecular flexibility index (Phi) is 5.55. The number of aryl methyl sites for hydroxylation is 2. The van der Waals surface area contributed by atoms with Crippen LogP contribution in [0.2, 0.25) is 10.0 Å². The van der Waals surface area contributed by atoms with Crippen molar-refractivity contribution in [1.29, 1.82) is 0 Å². The second-order valence-electron chi connectivity index (χ2n) is 7.92. The number of halogens is 2. The highest BCUT2D eigenvalue weighted by Crippen LogP contribution is 2.35. The summed E-state index contributed by atoms with van der Waals surface area (Å²) in [5, 5.41) is 14.1. The number of amides is 1. The first-order valence-corrected chi connectivity index (χ1v) is 11.1. The molecular weight excluding hydrogens is 475 g/mol. The van der Waals surface area contributed by atoms with E-state index in [-0.39, 0.29) is 17.4 Å². The SMILES string of the molecule is Cc1cc(C)c2oc(-c3cc(NC(=O)c4ccc(-c5ccc(Cl)cc5Cl)o4)ccc3O)nc2c1. The molecule has 0 aliphatic carbocycles. The van der Waals surface area contributed by atoms with Crippen molar-refractivity contribution in [1.82, 2.24) is 4.98 Å². The quantitative estimate of drug-likeness (QED) is 0.251. The van der Waals surface area contributed by atoms with Gasteiger partial charge in [-0.1, -0.05) is 29.3 Å². The van der Waals surface area contributed by atoms with Gasteiger partial charge in [-0.05, 0) is 79.6 Å². The van der Waals surface area contributed by atoms with Crippen molar-refractivity contribution in [3.8, 4) is 28.5 Å². The maximum Gasteiger partial charge on any atom is 0.291 e. The van der Waals surface area contributed by atoms with E-state index in [0.717, 1.165) is 11.1 Å². The third-order valence-corrected chi connectivity index (χ3v) is 5.88. The highest BCUT2D eigenvalue weighted by Gasteiger charge is 2.18. The number of rotatable bonds is 4. The molecule has 0 spiro atoms. The predicted molar refractivity (Wildman–Crippen MR) is 133 cm³/mol. The van der Waals surface area contributed by atoms with Crippen molar-refractivity contribution in [2.45, 2.75) is 13.8 Å². The Morgan fingerprint density at radius 3 is 2.56 bits per heavy atom. The maximum absolute atomic E-state index is 12.8. The molecule has 0 unspecified atom stereocenters. The number of anilines is 1. The molecule has 0 saturated heterocycles. The summed E-state index contributed by atoms with van der Waals surface area (Å²) in [6.07, 6.45) is 0. The van der Waals surface area contributed by atoms with E-state index in [1.807, 2.05) is 26.0 Å². The van der Waals surface area contributed by atoms with Gasteiger partial charge in [0.05, 0.1) is 10.6 Å². The number of aromatic nitrogens is 1. The van der Waals surface area contributed by atoms with E-state index < -0.39 is 5.91 Å². The summed E-state index contributed by atoms with van der Waals surface area (Å²) in [6.45, 7) is 3.92. The van der Waals surface area contributed by atoms with Crippen LogP contribution in [-0.2, 0) is 0 Å². The first kappa shape index (κ1) is 22.1. The molecule has 0 saturated carbocycles. The van der Waals surface area contributed by atoms with Crippen molar-refractivity contribution >= 4 is 45.9 Å². The first-order chi connectivity index (χ1) is 16.3. The first-order valence-electron chi connectivity index (χ1n) is 10.4. The monoisotopic (exact) mass is 492 g/mol. The maximum atomic E-state index is 12.8. The van der Waals surface area contributed by atoms with E-state index in [2.05, 4.69) is 10.3 Å². The van der Waals surface area contributed by atoms with Gasteiger partial charge in [-0.15, -0.1) is 0 Å². The summed E-state index contributed by atoms with van der Waals surface area (Å²) >= 11 is 12.2. The minimum atomic E-state index is -0.461. The van der Waals surface area contributed by atoms with Crippen LogP contribution in [-0.4, -0.2) is 16.0 Å². The van der Waals surface area contributed by atoms with Gasteiger partial charge in [-0.3, -0.25) is 4.79 Å². The van der Waals surface area contributed by atoms with E-state index >= 15 is 0 Å². The standard InChI is InChI=1S/C26H18Cl2N2O4/c1-13-9-14(2)24-20(10-13)30-26(34-24)18-12-16(4-6-21(18)31)29-25(32)23-8-7-22(33-23)17-5-3-15(27)11-19(17)28/h3-12,31H,1-2H3,(H,29,32). The molecule has 1 amide bonds. The molecule has 34 heavy (non-hydrogen) atoms. The number of phenols is 1. The van der Waals surface area contributed by atoms with E-state index in [4.69, 9.17) is 32.0 Å². The van der Waals surface area contributed by atoms with Crippen LogP contribution < -0.4 is 5.32 Å². The molecular formula is C26H18Cl2N2O4. The molecule has 2 aromatic heterocycles. The third kappa shape index (κ3) is 4.14. The van der Waals surface area contributed by atoms with Crippen molar-refractivity contribution < 1.29 is 18.7 Å². The summed E-state index contributed by atoms with van der Waals surface area (Å²) in [6, 6.07) is 16.8. The topological polar surface area (TPSA) is 88.5 Å². The Labute approximate surface area is 204 Å². The summed E-state index contributed by atoms with van der Waals surface area (Å²) in [4.78, 5) is 17.3. The van der Waals surface area contributed by atoms with Crippen LogP contribution in [0.15, 0.2) is 69.5 Å². The molecule has 5 aromatic rings. The minimum Gasteiger partial charge on any atom is -0.507 e. The van der Waals surface area contributed by atoms with Gasteiger partial charge in [0, 0.05) is 16.3 Å². The molecule has 0 atom stereocenters. The van der Waals surface area contributed by atoms with E-state index in [9.17, 15) is 9.90 Å². The van der Waals surface area contributed by atoms with Crippen LogP contribution in [0.4, 0.5) is 5.69 Å². The largest absolute Gasteiger partial charge is 0.507 e. The number of nitrogens with one attached hydrogen (secondary N) is 1. The van der Waals surface area contributed by atoms with Gasteiger partial charge in [0.2, 0.25) is 5.89 Å². The van der Waals surface area contributed by atoms with Crippen LogP contribution in [0.3, 0.4) is 0 Å². The molecule has 6 nitrogen and oxygen atoms in total. The number of furan rings is 1. The highest BCUT2D eigenvalue weighted by atomic mass is 35.5. The number of oxazole rings is 1. The summed E-state index contributed by atoms with van der Waals surface area (Å²) in [5.41, 5.74) is 4.79. The number of carbonyl (C=O) groups excluding carboxylic acids is 1. The summed E-state index contributed by atoms with van der Waals surface area (Å²) < 4.78 is 11.6. The molecule has 5 rings (SSSR count). The molecule has 3 aromatic carbocycles. The van der Waals surface area contributed by atoms with Gasteiger partial charge in [0.1, 0.15) is 17.0 Å². The van der Waals surface area contributed by atoms with E-state index in [0.29, 0.717) is 43.7 Å². The molecule has 0 bridgehead atoms. The van der Waals surface area contributed by atoms with E-state index in [1.165, 1.54) is 6.07 Å². The zero-order valence-electron chi connectivity index (χ0n) is 18.1. The Morgan fingerprint density at radius 1 is 0.941 bits per heavy atom. The lowest BCUT2D eigenvalue weighted by Crippen LogP contribution is -2.10. The smallest absolute Gasteiger partial charge is 0.291 e. The van der Waals surface area contributed by atoms with Crippen molar-refractivity contribution in [3.63, 3.8) is 0 Å². The third-order valence-electron chi connectivity index (χ3n) is 5.33. The predicted octanol–water partition coefficient (Wildman–Crippen LogP) is 7.64. The number of hydrogen-bond donors (Lipinski definition) is 2. The Hall–Kier alpha value is -3.74. The lowest BCUT2D eigenvalue weighted by atomic mass is 10.1. The van der Waals surface area contributed by atoms with Crippen LogP contribution in [0, 0.1) is 13.8 Å². The second kappa shape index (κ2) is 8.56. The van der Waals surface area contributed by atoms with Crippen LogP contribution in [0.25, 0.3) is 33.9 Å². The van der Waals surface area contributed by atoms with Gasteiger partial charge in [-0.2, -0.15) is 0 Å². The molecule has 0 fully saturated rings. The number of aromatic hydroxyl groups is 1. The Balaban J connectivity index is 1.42. The van der Waals surface area contributed by atoms with Crippen molar-refractivity contribution in [2.24, 2.45) is 0 Å². The van der Waals surface area contributed by atoms with Crippen molar-refractivity contribution in [3.05, 3.63) is 87.6 Å². The van der Waals surface area contributed by atoms with E-state index in [1.54, 1.807) is 42.5 Å². The Bertz CT molecular complexity index is 1570. The van der Waals surface area contributed by atoms with Gasteiger partial charge in [0.15, 0.2) is 11.3 Å². The van der Waals surface area contributed by atoms with Crippen molar-refractivity contribution in [2.75, 3.05) is 5.32 Å². The lowest BCUT2D eigenvalue weighted by Gasteiger charge is -2.07.